The van der Waals surface area contributed by atoms with Gasteiger partial charge in [0, 0.05) is 27.9 Å². The second-order valence-corrected chi connectivity index (χ2v) is 7.98. The van der Waals surface area contributed by atoms with E-state index >= 15 is 0 Å². The number of nitrogens with zero attached hydrogens (tertiary/aromatic N) is 1. The second-order valence-electron chi connectivity index (χ2n) is 6.02. The maximum atomic E-state index is 12.2. The smallest absolute Gasteiger partial charge is 0.225 e. The maximum absolute atomic E-state index is 12.2. The lowest BCUT2D eigenvalue weighted by molar-refractivity contribution is -0.115. The number of aromatic amines is 1. The molecule has 0 radical (unpaired) electrons. The van der Waals surface area contributed by atoms with Gasteiger partial charge in [-0.3, -0.25) is 4.79 Å². The van der Waals surface area contributed by atoms with Crippen molar-refractivity contribution in [2.45, 2.75) is 11.6 Å². The summed E-state index contributed by atoms with van der Waals surface area (Å²) in [6.45, 7) is 0. The predicted octanol–water partition coefficient (Wildman–Crippen LogP) is 6.36. The molecule has 0 aliphatic carbocycles. The summed E-state index contributed by atoms with van der Waals surface area (Å²) >= 11 is 13.3. The molecule has 4 aromatic rings. The summed E-state index contributed by atoms with van der Waals surface area (Å²) in [5, 5.41) is 4.39. The zero-order chi connectivity index (χ0) is 20.2. The Kier molecular flexibility index (Phi) is 5.99. The van der Waals surface area contributed by atoms with Crippen molar-refractivity contribution in [3.8, 4) is 22.9 Å². The summed E-state index contributed by atoms with van der Waals surface area (Å²) < 4.78 is 11.0. The molecule has 3 aromatic heterocycles. The molecule has 0 aliphatic rings. The number of halogens is 2. The topological polar surface area (TPSA) is 84.1 Å². The highest BCUT2D eigenvalue weighted by atomic mass is 35.5. The number of anilines is 1. The molecule has 9 heteroatoms. The van der Waals surface area contributed by atoms with Crippen LogP contribution in [0.1, 0.15) is 6.42 Å². The van der Waals surface area contributed by atoms with E-state index in [4.69, 9.17) is 32.0 Å². The van der Waals surface area contributed by atoms with Crippen molar-refractivity contribution < 1.29 is 13.6 Å². The van der Waals surface area contributed by atoms with Crippen molar-refractivity contribution in [3.05, 3.63) is 65.0 Å². The summed E-state index contributed by atoms with van der Waals surface area (Å²) in [4.78, 5) is 20.0. The van der Waals surface area contributed by atoms with Crippen LogP contribution in [0.5, 0.6) is 0 Å². The Balaban J connectivity index is 1.41. The van der Waals surface area contributed by atoms with E-state index in [1.165, 1.54) is 11.8 Å². The van der Waals surface area contributed by atoms with Crippen molar-refractivity contribution >= 4 is 46.6 Å². The van der Waals surface area contributed by atoms with Gasteiger partial charge in [0.05, 0.1) is 12.5 Å². The number of H-pyrrole nitrogens is 1. The third kappa shape index (κ3) is 4.87. The molecule has 0 fully saturated rings. The van der Waals surface area contributed by atoms with Crippen molar-refractivity contribution in [1.82, 2.24) is 9.97 Å². The fraction of sp³-hybridized carbons (Fsp3) is 0.100. The maximum Gasteiger partial charge on any atom is 0.225 e. The predicted molar refractivity (Wildman–Crippen MR) is 114 cm³/mol. The molecule has 0 saturated carbocycles. The first-order valence-electron chi connectivity index (χ1n) is 8.65. The van der Waals surface area contributed by atoms with E-state index < -0.39 is 0 Å². The van der Waals surface area contributed by atoms with Gasteiger partial charge >= 0.3 is 0 Å². The standard InChI is InChI=1S/C20H15Cl2N3O3S/c21-12-9-13(22)11-14(10-12)23-17(26)5-8-29-20-24-18(15-3-1-6-27-15)19(25-20)16-4-2-7-28-16/h1-4,6-7,9-11H,5,8H2,(H,23,26)(H,24,25). The van der Waals surface area contributed by atoms with Gasteiger partial charge in [-0.2, -0.15) is 0 Å². The average Bonchev–Trinajstić information content (AvgIpc) is 3.41. The highest BCUT2D eigenvalue weighted by Crippen LogP contribution is 2.33. The third-order valence-corrected chi connectivity index (χ3v) is 5.23. The fourth-order valence-corrected chi connectivity index (χ4v) is 4.04. The molecule has 0 spiro atoms. The molecule has 0 saturated heterocycles. The normalized spacial score (nSPS) is 11.0. The summed E-state index contributed by atoms with van der Waals surface area (Å²) in [7, 11) is 0. The Morgan fingerprint density at radius 2 is 1.76 bits per heavy atom. The number of furan rings is 2. The SMILES string of the molecule is O=C(CCSc1nc(-c2ccco2)c(-c2ccco2)[nH]1)Nc1cc(Cl)cc(Cl)c1. The van der Waals surface area contributed by atoms with E-state index in [1.807, 2.05) is 12.1 Å². The van der Waals surface area contributed by atoms with E-state index in [2.05, 4.69) is 15.3 Å². The van der Waals surface area contributed by atoms with Crippen LogP contribution in [0.15, 0.2) is 69.0 Å². The minimum atomic E-state index is -0.139. The van der Waals surface area contributed by atoms with Crippen LogP contribution in [0.3, 0.4) is 0 Å². The van der Waals surface area contributed by atoms with Crippen LogP contribution in [0.2, 0.25) is 10.0 Å². The Hall–Kier alpha value is -2.61. The largest absolute Gasteiger partial charge is 0.463 e. The number of hydrogen-bond donors (Lipinski definition) is 2. The van der Waals surface area contributed by atoms with Gasteiger partial charge in [-0.15, -0.1) is 0 Å². The van der Waals surface area contributed by atoms with Gasteiger partial charge in [0.15, 0.2) is 16.7 Å². The number of hydrogen-bond acceptors (Lipinski definition) is 5. The highest BCUT2D eigenvalue weighted by molar-refractivity contribution is 7.99. The van der Waals surface area contributed by atoms with Gasteiger partial charge in [0.1, 0.15) is 11.4 Å². The number of amides is 1. The molecule has 0 bridgehead atoms. The van der Waals surface area contributed by atoms with E-state index in [9.17, 15) is 4.79 Å². The molecule has 0 aliphatic heterocycles. The van der Waals surface area contributed by atoms with Crippen LogP contribution in [-0.4, -0.2) is 21.6 Å². The highest BCUT2D eigenvalue weighted by Gasteiger charge is 2.18. The molecule has 4 rings (SSSR count). The first-order valence-corrected chi connectivity index (χ1v) is 10.4. The molecule has 1 aromatic carbocycles. The zero-order valence-corrected chi connectivity index (χ0v) is 17.3. The number of thioether (sulfide) groups is 1. The molecular weight excluding hydrogens is 433 g/mol. The number of imidazole rings is 1. The second kappa shape index (κ2) is 8.82. The molecule has 3 heterocycles. The van der Waals surface area contributed by atoms with E-state index in [0.717, 1.165) is 5.69 Å². The van der Waals surface area contributed by atoms with Gasteiger partial charge in [-0.05, 0) is 42.5 Å². The van der Waals surface area contributed by atoms with E-state index in [1.54, 1.807) is 42.9 Å². The van der Waals surface area contributed by atoms with Gasteiger partial charge < -0.3 is 19.1 Å². The molecule has 1 amide bonds. The van der Waals surface area contributed by atoms with Crippen molar-refractivity contribution in [2.75, 3.05) is 11.1 Å². The Morgan fingerprint density at radius 3 is 2.41 bits per heavy atom. The summed E-state index contributed by atoms with van der Waals surface area (Å²) in [6, 6.07) is 12.2. The van der Waals surface area contributed by atoms with Gasteiger partial charge in [0.25, 0.3) is 0 Å². The summed E-state index contributed by atoms with van der Waals surface area (Å²) in [5.41, 5.74) is 1.95. The molecule has 6 nitrogen and oxygen atoms in total. The fourth-order valence-electron chi connectivity index (χ4n) is 2.70. The Bertz CT molecular complexity index is 1040. The van der Waals surface area contributed by atoms with Crippen molar-refractivity contribution in [1.29, 1.82) is 0 Å². The molecule has 29 heavy (non-hydrogen) atoms. The zero-order valence-electron chi connectivity index (χ0n) is 14.9. The monoisotopic (exact) mass is 447 g/mol. The van der Waals surface area contributed by atoms with Crippen molar-refractivity contribution in [3.63, 3.8) is 0 Å². The Labute approximate surface area is 180 Å². The number of carbonyl (C=O) groups is 1. The number of aromatic nitrogens is 2. The minimum absolute atomic E-state index is 0.139. The van der Waals surface area contributed by atoms with Crippen LogP contribution in [0.4, 0.5) is 5.69 Å². The summed E-state index contributed by atoms with van der Waals surface area (Å²) in [6.07, 6.45) is 3.48. The lowest BCUT2D eigenvalue weighted by Crippen LogP contribution is -2.12. The molecule has 148 valence electrons. The first-order chi connectivity index (χ1) is 14.1. The quantitative estimate of drug-likeness (QED) is 0.322. The van der Waals surface area contributed by atoms with Gasteiger partial charge in [0.2, 0.25) is 5.91 Å². The Morgan fingerprint density at radius 1 is 1.07 bits per heavy atom. The molecule has 2 N–H and O–H groups in total. The van der Waals surface area contributed by atoms with Crippen molar-refractivity contribution in [2.24, 2.45) is 0 Å². The van der Waals surface area contributed by atoms with Crippen LogP contribution in [-0.2, 0) is 4.79 Å². The minimum Gasteiger partial charge on any atom is -0.463 e. The van der Waals surface area contributed by atoms with Crippen LogP contribution < -0.4 is 5.32 Å². The van der Waals surface area contributed by atoms with Gasteiger partial charge in [-0.1, -0.05) is 35.0 Å². The van der Waals surface area contributed by atoms with Crippen LogP contribution in [0.25, 0.3) is 22.9 Å². The molecule has 0 atom stereocenters. The van der Waals surface area contributed by atoms with E-state index in [-0.39, 0.29) is 5.91 Å². The van der Waals surface area contributed by atoms with Gasteiger partial charge in [-0.25, -0.2) is 4.98 Å². The summed E-state index contributed by atoms with van der Waals surface area (Å²) in [5.74, 6) is 1.68. The number of rotatable bonds is 7. The third-order valence-electron chi connectivity index (χ3n) is 3.92. The average molecular weight is 448 g/mol. The number of benzene rings is 1. The molecule has 0 unspecified atom stereocenters. The van der Waals surface area contributed by atoms with E-state index in [0.29, 0.717) is 50.3 Å². The number of nitrogens with one attached hydrogen (secondary N) is 2. The molecular formula is C20H15Cl2N3O3S. The lowest BCUT2D eigenvalue weighted by Gasteiger charge is -2.06. The first kappa shape index (κ1) is 19.7. The lowest BCUT2D eigenvalue weighted by atomic mass is 10.2. The van der Waals surface area contributed by atoms with Crippen LogP contribution >= 0.6 is 35.0 Å². The van der Waals surface area contributed by atoms with Crippen LogP contribution in [0, 0.1) is 0 Å². The number of carbonyl (C=O) groups excluding carboxylic acids is 1.